The van der Waals surface area contributed by atoms with E-state index in [1.165, 1.54) is 45.6 Å². The predicted molar refractivity (Wildman–Crippen MR) is 100 cm³/mol. The summed E-state index contributed by atoms with van der Waals surface area (Å²) in [5.74, 6) is 0.736. The van der Waals surface area contributed by atoms with Crippen LogP contribution in [0.2, 0.25) is 0 Å². The third-order valence-electron chi connectivity index (χ3n) is 3.73. The molecule has 0 bridgehead atoms. The van der Waals surface area contributed by atoms with E-state index in [0.29, 0.717) is 29.2 Å². The SMILES string of the molecule is CCCOP(=O)([O-])Oc1ccc(C(=O)c2c(OC)cc(OC)cc2OC)cc1.[Na+]. The van der Waals surface area contributed by atoms with Crippen LogP contribution in [0.4, 0.5) is 0 Å². The molecule has 0 aliphatic carbocycles. The maximum atomic E-state index is 13.0. The molecule has 10 heteroatoms. The molecule has 0 amide bonds. The van der Waals surface area contributed by atoms with Crippen LogP contribution in [-0.4, -0.2) is 33.7 Å². The number of hydrogen-bond donors (Lipinski definition) is 0. The summed E-state index contributed by atoms with van der Waals surface area (Å²) in [6.45, 7) is 1.82. The second kappa shape index (κ2) is 11.6. The molecule has 1 unspecified atom stereocenters. The molecule has 1 atom stereocenters. The molecular formula is C19H22NaO8P. The van der Waals surface area contributed by atoms with E-state index in [4.69, 9.17) is 18.7 Å². The Bertz CT molecular complexity index is 844. The summed E-state index contributed by atoms with van der Waals surface area (Å²) in [6.07, 6.45) is 0.536. The van der Waals surface area contributed by atoms with Gasteiger partial charge in [0.05, 0.1) is 27.9 Å². The summed E-state index contributed by atoms with van der Waals surface area (Å²) in [7, 11) is -0.0887. The van der Waals surface area contributed by atoms with E-state index in [0.717, 1.165) is 0 Å². The van der Waals surface area contributed by atoms with Gasteiger partial charge in [-0.25, -0.2) is 0 Å². The molecule has 0 radical (unpaired) electrons. The van der Waals surface area contributed by atoms with E-state index in [2.05, 4.69) is 4.52 Å². The van der Waals surface area contributed by atoms with E-state index in [1.807, 2.05) is 0 Å². The van der Waals surface area contributed by atoms with Gasteiger partial charge in [-0.3, -0.25) is 9.36 Å². The van der Waals surface area contributed by atoms with Crippen molar-refractivity contribution in [2.24, 2.45) is 0 Å². The first-order chi connectivity index (χ1) is 13.3. The Hall–Kier alpha value is -1.54. The number of rotatable bonds is 10. The first-order valence-corrected chi connectivity index (χ1v) is 9.91. The third-order valence-corrected chi connectivity index (χ3v) is 4.66. The molecule has 2 aromatic carbocycles. The largest absolute Gasteiger partial charge is 1.00 e. The smallest absolute Gasteiger partial charge is 0.746 e. The number of methoxy groups -OCH3 is 3. The monoisotopic (exact) mass is 432 g/mol. The standard InChI is InChI=1S/C19H23O8P.Na/c1-5-10-26-28(21,22)27-14-8-6-13(7-9-14)19(20)18-16(24-3)11-15(23-2)12-17(18)25-4;/h6-9,11-12H,5,10H2,1-4H3,(H,21,22);/q;+1/p-1. The number of hydrogen-bond acceptors (Lipinski definition) is 8. The van der Waals surface area contributed by atoms with Crippen LogP contribution < -0.4 is 53.2 Å². The number of ether oxygens (including phenoxy) is 3. The minimum absolute atomic E-state index is 0. The number of benzene rings is 2. The fraction of sp³-hybridized carbons (Fsp3) is 0.316. The molecule has 0 N–H and O–H groups in total. The van der Waals surface area contributed by atoms with Gasteiger partial charge in [-0.05, 0) is 30.7 Å². The maximum absolute atomic E-state index is 13.0. The van der Waals surface area contributed by atoms with Crippen LogP contribution in [0, 0.1) is 0 Å². The van der Waals surface area contributed by atoms with Gasteiger partial charge in [0.2, 0.25) is 5.78 Å². The number of carbonyl (C=O) groups is 1. The van der Waals surface area contributed by atoms with Crippen molar-refractivity contribution >= 4 is 13.6 Å². The van der Waals surface area contributed by atoms with Gasteiger partial charge in [-0.2, -0.15) is 0 Å². The van der Waals surface area contributed by atoms with Crippen LogP contribution in [0.3, 0.4) is 0 Å². The van der Waals surface area contributed by atoms with Crippen LogP contribution in [0.25, 0.3) is 0 Å². The fourth-order valence-electron chi connectivity index (χ4n) is 2.40. The Morgan fingerprint density at radius 2 is 1.52 bits per heavy atom. The van der Waals surface area contributed by atoms with Crippen molar-refractivity contribution in [3.8, 4) is 23.0 Å². The number of ketones is 1. The minimum Gasteiger partial charge on any atom is -0.746 e. The number of phosphoric acid groups is 1. The van der Waals surface area contributed by atoms with Crippen LogP contribution in [0.1, 0.15) is 29.3 Å². The van der Waals surface area contributed by atoms with Crippen molar-refractivity contribution in [1.82, 2.24) is 0 Å². The van der Waals surface area contributed by atoms with Gasteiger partial charge in [0.1, 0.15) is 28.6 Å². The zero-order chi connectivity index (χ0) is 20.7. The average molecular weight is 432 g/mol. The summed E-state index contributed by atoms with van der Waals surface area (Å²) in [5, 5.41) is 0. The molecule has 0 saturated carbocycles. The summed E-state index contributed by atoms with van der Waals surface area (Å²) >= 11 is 0. The summed E-state index contributed by atoms with van der Waals surface area (Å²) in [4.78, 5) is 24.7. The van der Waals surface area contributed by atoms with Gasteiger partial charge in [-0.1, -0.05) is 6.92 Å². The molecule has 0 fully saturated rings. The van der Waals surface area contributed by atoms with Crippen LogP contribution in [0.5, 0.6) is 23.0 Å². The van der Waals surface area contributed by atoms with Gasteiger partial charge in [-0.15, -0.1) is 0 Å². The molecule has 0 aromatic heterocycles. The first kappa shape index (κ1) is 25.5. The molecule has 0 saturated heterocycles. The van der Waals surface area contributed by atoms with Crippen LogP contribution in [-0.2, 0) is 9.09 Å². The summed E-state index contributed by atoms with van der Waals surface area (Å²) in [6, 6.07) is 8.78. The average Bonchev–Trinajstić information content (AvgIpc) is 2.70. The maximum Gasteiger partial charge on any atom is 1.00 e. The normalized spacial score (nSPS) is 12.3. The van der Waals surface area contributed by atoms with Gasteiger partial charge >= 0.3 is 37.4 Å². The third kappa shape index (κ3) is 6.74. The molecule has 0 heterocycles. The van der Waals surface area contributed by atoms with Crippen molar-refractivity contribution in [2.45, 2.75) is 13.3 Å². The Labute approximate surface area is 192 Å². The van der Waals surface area contributed by atoms with E-state index in [1.54, 1.807) is 19.1 Å². The van der Waals surface area contributed by atoms with E-state index in [-0.39, 0.29) is 53.3 Å². The predicted octanol–water partition coefficient (Wildman–Crippen LogP) is 0.221. The molecule has 2 aromatic rings. The van der Waals surface area contributed by atoms with Crippen LogP contribution in [0.15, 0.2) is 36.4 Å². The Balaban J connectivity index is 0.00000420. The first-order valence-electron chi connectivity index (χ1n) is 8.45. The minimum atomic E-state index is -4.45. The topological polar surface area (TPSA) is 103 Å². The zero-order valence-electron chi connectivity index (χ0n) is 17.1. The second-order valence-corrected chi connectivity index (χ2v) is 6.97. The Kier molecular flexibility index (Phi) is 10.2. The molecule has 8 nitrogen and oxygen atoms in total. The Morgan fingerprint density at radius 3 is 1.97 bits per heavy atom. The molecule has 152 valence electrons. The van der Waals surface area contributed by atoms with Crippen LogP contribution >= 0.6 is 7.82 Å². The Morgan fingerprint density at radius 1 is 0.966 bits per heavy atom. The van der Waals surface area contributed by atoms with Gasteiger partial charge in [0.15, 0.2) is 0 Å². The number of phosphoric ester groups is 1. The molecule has 2 rings (SSSR count). The molecule has 0 aliphatic heterocycles. The summed E-state index contributed by atoms with van der Waals surface area (Å²) in [5.41, 5.74) is 0.518. The van der Waals surface area contributed by atoms with Gasteiger partial charge < -0.3 is 28.2 Å². The van der Waals surface area contributed by atoms with E-state index in [9.17, 15) is 14.3 Å². The van der Waals surface area contributed by atoms with Gasteiger partial charge in [0.25, 0.3) is 0 Å². The molecule has 29 heavy (non-hydrogen) atoms. The summed E-state index contributed by atoms with van der Waals surface area (Å²) < 4.78 is 37.0. The molecule has 0 spiro atoms. The quantitative estimate of drug-likeness (QED) is 0.299. The van der Waals surface area contributed by atoms with E-state index >= 15 is 0 Å². The van der Waals surface area contributed by atoms with E-state index < -0.39 is 7.82 Å². The zero-order valence-corrected chi connectivity index (χ0v) is 20.0. The van der Waals surface area contributed by atoms with Gasteiger partial charge in [0, 0.05) is 17.7 Å². The fourth-order valence-corrected chi connectivity index (χ4v) is 3.24. The van der Waals surface area contributed by atoms with Crippen molar-refractivity contribution in [1.29, 1.82) is 0 Å². The van der Waals surface area contributed by atoms with Crippen molar-refractivity contribution in [3.05, 3.63) is 47.5 Å². The second-order valence-electron chi connectivity index (χ2n) is 5.63. The van der Waals surface area contributed by atoms with Crippen molar-refractivity contribution < 1.29 is 67.1 Å². The molecule has 0 aliphatic rings. The number of carbonyl (C=O) groups excluding carboxylic acids is 1. The van der Waals surface area contributed by atoms with Crippen molar-refractivity contribution in [2.75, 3.05) is 27.9 Å². The van der Waals surface area contributed by atoms with Crippen molar-refractivity contribution in [3.63, 3.8) is 0 Å². The molecular weight excluding hydrogens is 410 g/mol.